The van der Waals surface area contributed by atoms with Gasteiger partial charge in [-0.1, -0.05) is 78.3 Å². The zero-order chi connectivity index (χ0) is 13.7. The molecule has 0 radical (unpaired) electrons. The molecular weight excluding hydrogens is 298 g/mol. The monoisotopic (exact) mass is 317 g/mol. The third-order valence-electron chi connectivity index (χ3n) is 3.40. The Morgan fingerprint density at radius 1 is 0.947 bits per heavy atom. The van der Waals surface area contributed by atoms with Crippen LogP contribution in [0.15, 0.2) is 59.1 Å². The minimum absolute atomic E-state index is 0.141. The molecule has 0 fully saturated rings. The number of benzene rings is 2. The van der Waals surface area contributed by atoms with Crippen molar-refractivity contribution in [3.63, 3.8) is 0 Å². The molecule has 0 aliphatic carbocycles. The lowest BCUT2D eigenvalue weighted by molar-refractivity contribution is 0.468. The van der Waals surface area contributed by atoms with Gasteiger partial charge in [0.25, 0.3) is 0 Å². The van der Waals surface area contributed by atoms with E-state index in [9.17, 15) is 0 Å². The molecule has 0 unspecified atom stereocenters. The van der Waals surface area contributed by atoms with E-state index in [0.717, 1.165) is 13.1 Å². The zero-order valence-corrected chi connectivity index (χ0v) is 13.1. The molecule has 1 nitrogen and oxygen atoms in total. The van der Waals surface area contributed by atoms with Crippen molar-refractivity contribution in [2.45, 2.75) is 25.8 Å². The Bertz CT molecular complexity index is 520. The predicted octanol–water partition coefficient (Wildman–Crippen LogP) is 4.52. The molecule has 100 valence electrons. The van der Waals surface area contributed by atoms with Crippen LogP contribution in [-0.4, -0.2) is 6.54 Å². The SMILES string of the molecule is CC(C)(CNCc1ccccc1Br)c1ccccc1. The van der Waals surface area contributed by atoms with Crippen LogP contribution in [-0.2, 0) is 12.0 Å². The second-order valence-electron chi connectivity index (χ2n) is 5.44. The normalized spacial score (nSPS) is 11.5. The topological polar surface area (TPSA) is 12.0 Å². The molecule has 19 heavy (non-hydrogen) atoms. The highest BCUT2D eigenvalue weighted by Gasteiger charge is 2.19. The van der Waals surface area contributed by atoms with Crippen LogP contribution in [0.5, 0.6) is 0 Å². The summed E-state index contributed by atoms with van der Waals surface area (Å²) < 4.78 is 1.17. The second kappa shape index (κ2) is 6.36. The first-order valence-electron chi connectivity index (χ1n) is 6.59. The van der Waals surface area contributed by atoms with Gasteiger partial charge in [-0.2, -0.15) is 0 Å². The summed E-state index contributed by atoms with van der Waals surface area (Å²) in [7, 11) is 0. The van der Waals surface area contributed by atoms with Crippen LogP contribution in [0.1, 0.15) is 25.0 Å². The minimum atomic E-state index is 0.141. The molecule has 1 N–H and O–H groups in total. The number of hydrogen-bond donors (Lipinski definition) is 1. The van der Waals surface area contributed by atoms with Crippen molar-refractivity contribution in [1.82, 2.24) is 5.32 Å². The average molecular weight is 318 g/mol. The Balaban J connectivity index is 1.94. The lowest BCUT2D eigenvalue weighted by atomic mass is 9.84. The van der Waals surface area contributed by atoms with Crippen LogP contribution in [0.2, 0.25) is 0 Å². The smallest absolute Gasteiger partial charge is 0.0220 e. The first-order chi connectivity index (χ1) is 9.09. The van der Waals surface area contributed by atoms with E-state index in [-0.39, 0.29) is 5.41 Å². The third kappa shape index (κ3) is 3.92. The van der Waals surface area contributed by atoms with Gasteiger partial charge in [0, 0.05) is 23.0 Å². The van der Waals surface area contributed by atoms with Gasteiger partial charge >= 0.3 is 0 Å². The number of rotatable bonds is 5. The standard InChI is InChI=1S/C17H20BrN/c1-17(2,15-9-4-3-5-10-15)13-19-12-14-8-6-7-11-16(14)18/h3-11,19H,12-13H2,1-2H3. The van der Waals surface area contributed by atoms with Gasteiger partial charge in [-0.3, -0.25) is 0 Å². The first-order valence-corrected chi connectivity index (χ1v) is 7.38. The van der Waals surface area contributed by atoms with E-state index in [1.807, 2.05) is 6.07 Å². The van der Waals surface area contributed by atoms with Crippen LogP contribution in [0.25, 0.3) is 0 Å². The molecule has 2 aromatic rings. The highest BCUT2D eigenvalue weighted by molar-refractivity contribution is 9.10. The molecule has 0 aromatic heterocycles. The lowest BCUT2D eigenvalue weighted by Gasteiger charge is -2.26. The van der Waals surface area contributed by atoms with Crippen LogP contribution >= 0.6 is 15.9 Å². The van der Waals surface area contributed by atoms with Gasteiger partial charge in [-0.25, -0.2) is 0 Å². The Labute approximate surface area is 124 Å². The Kier molecular flexibility index (Phi) is 4.78. The molecular formula is C17H20BrN. The fraction of sp³-hybridized carbons (Fsp3) is 0.294. The van der Waals surface area contributed by atoms with E-state index in [1.54, 1.807) is 0 Å². The molecule has 2 heteroatoms. The van der Waals surface area contributed by atoms with Crippen molar-refractivity contribution < 1.29 is 0 Å². The molecule has 0 spiro atoms. The van der Waals surface area contributed by atoms with E-state index in [1.165, 1.54) is 15.6 Å². The van der Waals surface area contributed by atoms with Crippen LogP contribution < -0.4 is 5.32 Å². The maximum absolute atomic E-state index is 3.58. The van der Waals surface area contributed by atoms with Crippen LogP contribution in [0.3, 0.4) is 0 Å². The molecule has 2 aromatic carbocycles. The fourth-order valence-electron chi connectivity index (χ4n) is 2.14. The molecule has 0 saturated carbocycles. The van der Waals surface area contributed by atoms with Gasteiger partial charge in [-0.15, -0.1) is 0 Å². The molecule has 2 rings (SSSR count). The first kappa shape index (κ1) is 14.3. The summed E-state index contributed by atoms with van der Waals surface area (Å²) in [6.07, 6.45) is 0. The van der Waals surface area contributed by atoms with Crippen molar-refractivity contribution in [3.8, 4) is 0 Å². The molecule has 0 bridgehead atoms. The van der Waals surface area contributed by atoms with Crippen molar-refractivity contribution in [3.05, 3.63) is 70.2 Å². The maximum atomic E-state index is 3.58. The van der Waals surface area contributed by atoms with Crippen molar-refractivity contribution in [1.29, 1.82) is 0 Å². The zero-order valence-electron chi connectivity index (χ0n) is 11.5. The summed E-state index contributed by atoms with van der Waals surface area (Å²) in [5, 5.41) is 3.55. The highest BCUT2D eigenvalue weighted by atomic mass is 79.9. The average Bonchev–Trinajstić information content (AvgIpc) is 2.42. The summed E-state index contributed by atoms with van der Waals surface area (Å²) in [4.78, 5) is 0. The molecule has 0 atom stereocenters. The molecule has 0 aliphatic heterocycles. The van der Waals surface area contributed by atoms with E-state index >= 15 is 0 Å². The summed E-state index contributed by atoms with van der Waals surface area (Å²) in [5.74, 6) is 0. The van der Waals surface area contributed by atoms with E-state index < -0.39 is 0 Å². The molecule has 0 saturated heterocycles. The largest absolute Gasteiger partial charge is 0.312 e. The Morgan fingerprint density at radius 3 is 2.26 bits per heavy atom. The van der Waals surface area contributed by atoms with Gasteiger partial charge in [0.15, 0.2) is 0 Å². The van der Waals surface area contributed by atoms with Crippen LogP contribution in [0, 0.1) is 0 Å². The summed E-state index contributed by atoms with van der Waals surface area (Å²) in [5.41, 5.74) is 2.81. The summed E-state index contributed by atoms with van der Waals surface area (Å²) in [6, 6.07) is 19.0. The predicted molar refractivity (Wildman–Crippen MR) is 85.3 cm³/mol. The molecule has 0 amide bonds. The van der Waals surface area contributed by atoms with E-state index in [4.69, 9.17) is 0 Å². The highest BCUT2D eigenvalue weighted by Crippen LogP contribution is 2.22. The maximum Gasteiger partial charge on any atom is 0.0220 e. The molecule has 0 aliphatic rings. The quantitative estimate of drug-likeness (QED) is 0.855. The number of halogens is 1. The van der Waals surface area contributed by atoms with Gasteiger partial charge < -0.3 is 5.32 Å². The molecule has 0 heterocycles. The van der Waals surface area contributed by atoms with E-state index in [0.29, 0.717) is 0 Å². The van der Waals surface area contributed by atoms with Crippen LogP contribution in [0.4, 0.5) is 0 Å². The Morgan fingerprint density at radius 2 is 1.58 bits per heavy atom. The van der Waals surface area contributed by atoms with Gasteiger partial charge in [0.05, 0.1) is 0 Å². The summed E-state index contributed by atoms with van der Waals surface area (Å²) >= 11 is 3.58. The summed E-state index contributed by atoms with van der Waals surface area (Å²) in [6.45, 7) is 6.39. The lowest BCUT2D eigenvalue weighted by Crippen LogP contribution is -2.32. The number of hydrogen-bond acceptors (Lipinski definition) is 1. The fourth-order valence-corrected chi connectivity index (χ4v) is 2.57. The van der Waals surface area contributed by atoms with Gasteiger partial charge in [0.2, 0.25) is 0 Å². The van der Waals surface area contributed by atoms with Crippen molar-refractivity contribution in [2.24, 2.45) is 0 Å². The number of nitrogens with one attached hydrogen (secondary N) is 1. The van der Waals surface area contributed by atoms with Crippen molar-refractivity contribution in [2.75, 3.05) is 6.54 Å². The van der Waals surface area contributed by atoms with Gasteiger partial charge in [0.1, 0.15) is 0 Å². The minimum Gasteiger partial charge on any atom is -0.312 e. The second-order valence-corrected chi connectivity index (χ2v) is 6.30. The van der Waals surface area contributed by atoms with E-state index in [2.05, 4.69) is 83.6 Å². The van der Waals surface area contributed by atoms with Crippen molar-refractivity contribution >= 4 is 15.9 Å². The third-order valence-corrected chi connectivity index (χ3v) is 4.17. The van der Waals surface area contributed by atoms with Gasteiger partial charge in [-0.05, 0) is 17.2 Å². The Hall–Kier alpha value is -1.12.